The molecule has 23 heavy (non-hydrogen) atoms. The van der Waals surface area contributed by atoms with Gasteiger partial charge >= 0.3 is 0 Å². The van der Waals surface area contributed by atoms with Crippen LogP contribution in [-0.4, -0.2) is 25.5 Å². The molecule has 2 N–H and O–H groups in total. The molecule has 1 fully saturated rings. The van der Waals surface area contributed by atoms with E-state index in [1.165, 1.54) is 7.11 Å². The van der Waals surface area contributed by atoms with E-state index in [-0.39, 0.29) is 11.8 Å². The molecule has 0 aromatic heterocycles. The fraction of sp³-hybridized carbons (Fsp3) is 0.500. The van der Waals surface area contributed by atoms with Gasteiger partial charge in [0, 0.05) is 11.5 Å². The molecule has 126 valence electrons. The number of methoxy groups -OCH3 is 1. The van der Waals surface area contributed by atoms with Crippen LogP contribution in [0.25, 0.3) is 0 Å². The summed E-state index contributed by atoms with van der Waals surface area (Å²) in [5, 5.41) is 0. The van der Waals surface area contributed by atoms with Gasteiger partial charge in [0.25, 0.3) is 5.91 Å². The highest BCUT2D eigenvalue weighted by atomic mass is 79.9. The van der Waals surface area contributed by atoms with Crippen LogP contribution in [0.4, 0.5) is 0 Å². The summed E-state index contributed by atoms with van der Waals surface area (Å²) in [4.78, 5) is 24.1. The number of benzene rings is 1. The van der Waals surface area contributed by atoms with Gasteiger partial charge in [-0.3, -0.25) is 20.4 Å². The lowest BCUT2D eigenvalue weighted by Crippen LogP contribution is -2.44. The maximum atomic E-state index is 12.2. The predicted molar refractivity (Wildman–Crippen MR) is 89.4 cm³/mol. The van der Waals surface area contributed by atoms with Crippen molar-refractivity contribution in [3.05, 3.63) is 22.2 Å². The highest BCUT2D eigenvalue weighted by molar-refractivity contribution is 9.10. The first-order chi connectivity index (χ1) is 11.1. The van der Waals surface area contributed by atoms with Gasteiger partial charge in [0.1, 0.15) is 0 Å². The molecule has 2 amide bonds. The SMILES string of the molecule is CCOc1c(Br)cc(C(=O)NNC(=O)C2CCCC2)cc1OC. The normalized spacial score (nSPS) is 14.4. The Morgan fingerprint density at radius 2 is 1.96 bits per heavy atom. The van der Waals surface area contributed by atoms with E-state index in [0.29, 0.717) is 28.1 Å². The van der Waals surface area contributed by atoms with Gasteiger partial charge in [-0.15, -0.1) is 0 Å². The molecule has 1 aromatic rings. The molecule has 6 nitrogen and oxygen atoms in total. The fourth-order valence-electron chi connectivity index (χ4n) is 2.62. The highest BCUT2D eigenvalue weighted by Gasteiger charge is 2.23. The van der Waals surface area contributed by atoms with Gasteiger partial charge in [-0.05, 0) is 47.8 Å². The van der Waals surface area contributed by atoms with Crippen molar-refractivity contribution in [1.29, 1.82) is 0 Å². The number of hydrazine groups is 1. The number of hydrogen-bond acceptors (Lipinski definition) is 4. The quantitative estimate of drug-likeness (QED) is 0.765. The van der Waals surface area contributed by atoms with Crippen molar-refractivity contribution in [3.63, 3.8) is 0 Å². The lowest BCUT2D eigenvalue weighted by atomic mass is 10.1. The number of ether oxygens (including phenoxy) is 2. The lowest BCUT2D eigenvalue weighted by molar-refractivity contribution is -0.125. The molecule has 0 atom stereocenters. The first-order valence-corrected chi connectivity index (χ1v) is 8.46. The van der Waals surface area contributed by atoms with Crippen molar-refractivity contribution in [2.24, 2.45) is 5.92 Å². The second-order valence-corrected chi connectivity index (χ2v) is 6.20. The molecule has 7 heteroatoms. The minimum atomic E-state index is -0.404. The summed E-state index contributed by atoms with van der Waals surface area (Å²) >= 11 is 3.37. The third kappa shape index (κ3) is 4.37. The molecule has 0 radical (unpaired) electrons. The molecule has 0 unspecified atom stereocenters. The maximum absolute atomic E-state index is 12.2. The lowest BCUT2D eigenvalue weighted by Gasteiger charge is -2.14. The third-order valence-electron chi connectivity index (χ3n) is 3.81. The highest BCUT2D eigenvalue weighted by Crippen LogP contribution is 2.36. The molecule has 1 aromatic carbocycles. The van der Waals surface area contributed by atoms with Gasteiger partial charge in [0.2, 0.25) is 5.91 Å². The van der Waals surface area contributed by atoms with Crippen LogP contribution in [0.2, 0.25) is 0 Å². The molecule has 0 spiro atoms. The number of carbonyl (C=O) groups excluding carboxylic acids is 2. The second-order valence-electron chi connectivity index (χ2n) is 5.35. The number of nitrogens with one attached hydrogen (secondary N) is 2. The number of rotatable bonds is 5. The summed E-state index contributed by atoms with van der Waals surface area (Å²) in [6.07, 6.45) is 3.89. The Labute approximate surface area is 144 Å². The van der Waals surface area contributed by atoms with Crippen LogP contribution < -0.4 is 20.3 Å². The number of carbonyl (C=O) groups is 2. The Morgan fingerprint density at radius 3 is 2.57 bits per heavy atom. The molecule has 0 heterocycles. The first-order valence-electron chi connectivity index (χ1n) is 7.67. The van der Waals surface area contributed by atoms with Crippen LogP contribution in [0, 0.1) is 5.92 Å². The Bertz CT molecular complexity index is 586. The van der Waals surface area contributed by atoms with E-state index in [4.69, 9.17) is 9.47 Å². The van der Waals surface area contributed by atoms with E-state index < -0.39 is 5.91 Å². The molecule has 2 rings (SSSR count). The third-order valence-corrected chi connectivity index (χ3v) is 4.39. The van der Waals surface area contributed by atoms with Crippen molar-refractivity contribution < 1.29 is 19.1 Å². The molecular formula is C16H21BrN2O4. The summed E-state index contributed by atoms with van der Waals surface area (Å²) in [7, 11) is 1.51. The zero-order valence-electron chi connectivity index (χ0n) is 13.3. The summed E-state index contributed by atoms with van der Waals surface area (Å²) in [6, 6.07) is 3.21. The average molecular weight is 385 g/mol. The van der Waals surface area contributed by atoms with Gasteiger partial charge in [-0.25, -0.2) is 0 Å². The summed E-state index contributed by atoms with van der Waals surface area (Å²) in [6.45, 7) is 2.35. The van der Waals surface area contributed by atoms with Gasteiger partial charge in [-0.2, -0.15) is 0 Å². The van der Waals surface area contributed by atoms with Crippen LogP contribution in [0.3, 0.4) is 0 Å². The molecule has 0 saturated heterocycles. The summed E-state index contributed by atoms with van der Waals surface area (Å²) in [5.74, 6) is 0.457. The monoisotopic (exact) mass is 384 g/mol. The minimum Gasteiger partial charge on any atom is -0.493 e. The molecule has 1 aliphatic carbocycles. The smallest absolute Gasteiger partial charge is 0.269 e. The number of hydrogen-bond donors (Lipinski definition) is 2. The van der Waals surface area contributed by atoms with E-state index >= 15 is 0 Å². The number of amides is 2. The Hall–Kier alpha value is -1.76. The Kier molecular flexibility index (Phi) is 6.27. The van der Waals surface area contributed by atoms with E-state index in [1.54, 1.807) is 12.1 Å². The van der Waals surface area contributed by atoms with Gasteiger partial charge in [0.05, 0.1) is 18.2 Å². The van der Waals surface area contributed by atoms with Crippen LogP contribution >= 0.6 is 15.9 Å². The van der Waals surface area contributed by atoms with Gasteiger partial charge in [0.15, 0.2) is 11.5 Å². The van der Waals surface area contributed by atoms with Gasteiger partial charge < -0.3 is 9.47 Å². The fourth-order valence-corrected chi connectivity index (χ4v) is 3.17. The molecular weight excluding hydrogens is 364 g/mol. The topological polar surface area (TPSA) is 76.7 Å². The van der Waals surface area contributed by atoms with Crippen LogP contribution in [0.1, 0.15) is 43.0 Å². The van der Waals surface area contributed by atoms with Crippen molar-refractivity contribution in [2.75, 3.05) is 13.7 Å². The average Bonchev–Trinajstić information content (AvgIpc) is 3.08. The molecule has 0 aliphatic heterocycles. The van der Waals surface area contributed by atoms with E-state index in [2.05, 4.69) is 26.8 Å². The van der Waals surface area contributed by atoms with Crippen molar-refractivity contribution in [1.82, 2.24) is 10.9 Å². The number of halogens is 1. The standard InChI is InChI=1S/C16H21BrN2O4/c1-3-23-14-12(17)8-11(9-13(14)22-2)16(21)19-18-15(20)10-6-4-5-7-10/h8-10H,3-7H2,1-2H3,(H,18,20)(H,19,21). The van der Waals surface area contributed by atoms with Crippen LogP contribution in [0.15, 0.2) is 16.6 Å². The second kappa shape index (κ2) is 8.19. The van der Waals surface area contributed by atoms with Crippen molar-refractivity contribution >= 4 is 27.7 Å². The van der Waals surface area contributed by atoms with Crippen LogP contribution in [0.5, 0.6) is 11.5 Å². The molecule has 1 saturated carbocycles. The minimum absolute atomic E-state index is 0.00287. The zero-order valence-corrected chi connectivity index (χ0v) is 14.9. The van der Waals surface area contributed by atoms with Gasteiger partial charge in [-0.1, -0.05) is 12.8 Å². The van der Waals surface area contributed by atoms with E-state index in [1.807, 2.05) is 6.92 Å². The Morgan fingerprint density at radius 1 is 1.26 bits per heavy atom. The molecule has 1 aliphatic rings. The zero-order chi connectivity index (χ0) is 16.8. The van der Waals surface area contributed by atoms with Crippen molar-refractivity contribution in [3.8, 4) is 11.5 Å². The van der Waals surface area contributed by atoms with Crippen molar-refractivity contribution in [2.45, 2.75) is 32.6 Å². The summed E-state index contributed by atoms with van der Waals surface area (Å²) < 4.78 is 11.4. The van der Waals surface area contributed by atoms with E-state index in [0.717, 1.165) is 25.7 Å². The van der Waals surface area contributed by atoms with E-state index in [9.17, 15) is 9.59 Å². The predicted octanol–water partition coefficient (Wildman–Crippen LogP) is 2.81. The molecule has 0 bridgehead atoms. The summed E-state index contributed by atoms with van der Waals surface area (Å²) in [5.41, 5.74) is 5.31. The van der Waals surface area contributed by atoms with Crippen LogP contribution in [-0.2, 0) is 4.79 Å². The largest absolute Gasteiger partial charge is 0.493 e. The Balaban J connectivity index is 2.04. The maximum Gasteiger partial charge on any atom is 0.269 e. The first kappa shape index (κ1) is 17.6.